The van der Waals surface area contributed by atoms with Crippen molar-refractivity contribution in [1.82, 2.24) is 9.80 Å². The molecule has 0 radical (unpaired) electrons. The molecular formula is C20H30N2O4S. The lowest BCUT2D eigenvalue weighted by Gasteiger charge is -2.33. The second-order valence-corrected chi connectivity index (χ2v) is 8.80. The molecule has 3 heterocycles. The van der Waals surface area contributed by atoms with E-state index in [1.807, 2.05) is 25.7 Å². The van der Waals surface area contributed by atoms with E-state index < -0.39 is 6.10 Å². The molecule has 7 heteroatoms. The molecule has 0 aliphatic carbocycles. The highest BCUT2D eigenvalue weighted by Crippen LogP contribution is 2.25. The average molecular weight is 395 g/mol. The van der Waals surface area contributed by atoms with Crippen LogP contribution in [-0.4, -0.2) is 67.2 Å². The van der Waals surface area contributed by atoms with Crippen LogP contribution in [0.1, 0.15) is 31.2 Å². The number of amides is 1. The normalized spacial score (nSPS) is 20.2. The number of nitrogens with zero attached hydrogens (tertiary/aromatic N) is 2. The maximum atomic E-state index is 13.0. The van der Waals surface area contributed by atoms with Gasteiger partial charge in [-0.1, -0.05) is 20.8 Å². The van der Waals surface area contributed by atoms with Crippen molar-refractivity contribution in [2.75, 3.05) is 39.4 Å². The molecule has 27 heavy (non-hydrogen) atoms. The molecule has 2 aliphatic heterocycles. The Hall–Kier alpha value is -1.44. The predicted molar refractivity (Wildman–Crippen MR) is 105 cm³/mol. The molecule has 0 saturated carbocycles. The minimum atomic E-state index is -0.718. The van der Waals surface area contributed by atoms with E-state index in [0.717, 1.165) is 19.5 Å². The first-order valence-corrected chi connectivity index (χ1v) is 10.7. The van der Waals surface area contributed by atoms with E-state index in [-0.39, 0.29) is 23.7 Å². The Morgan fingerprint density at radius 2 is 1.96 bits per heavy atom. The van der Waals surface area contributed by atoms with Crippen molar-refractivity contribution in [2.45, 2.75) is 39.8 Å². The van der Waals surface area contributed by atoms with Crippen molar-refractivity contribution in [3.8, 4) is 0 Å². The van der Waals surface area contributed by atoms with Gasteiger partial charge in [-0.05, 0) is 29.3 Å². The second-order valence-electron chi connectivity index (χ2n) is 7.79. The molecule has 1 aromatic rings. The van der Waals surface area contributed by atoms with Gasteiger partial charge in [0.05, 0.1) is 19.1 Å². The van der Waals surface area contributed by atoms with E-state index in [9.17, 15) is 9.59 Å². The number of morpholine rings is 1. The van der Waals surface area contributed by atoms with Crippen molar-refractivity contribution >= 4 is 23.2 Å². The Morgan fingerprint density at radius 1 is 1.22 bits per heavy atom. The number of esters is 1. The first-order valence-electron chi connectivity index (χ1n) is 9.80. The number of ether oxygens (including phenoxy) is 2. The summed E-state index contributed by atoms with van der Waals surface area (Å²) in [6.07, 6.45) is 0.162. The van der Waals surface area contributed by atoms with Crippen LogP contribution in [0.15, 0.2) is 11.4 Å². The summed E-state index contributed by atoms with van der Waals surface area (Å²) in [6.45, 7) is 10.8. The molecule has 1 aromatic heterocycles. The predicted octanol–water partition coefficient (Wildman–Crippen LogP) is 2.17. The molecule has 3 rings (SSSR count). The molecule has 1 saturated heterocycles. The minimum Gasteiger partial charge on any atom is -0.452 e. The number of hydrogen-bond acceptors (Lipinski definition) is 6. The molecule has 2 atom stereocenters. The van der Waals surface area contributed by atoms with Gasteiger partial charge in [-0.3, -0.25) is 14.5 Å². The summed E-state index contributed by atoms with van der Waals surface area (Å²) in [5.74, 6) is -0.682. The topological polar surface area (TPSA) is 59.1 Å². The molecule has 1 fully saturated rings. The highest BCUT2D eigenvalue weighted by molar-refractivity contribution is 7.10. The standard InChI is InChI=1S/C20H30N2O4S/c1-14(2)18(19(23)22-6-4-17-16(13-22)5-11-27-17)26-20(24)15(3)12-21-7-9-25-10-8-21/h5,11,14-15,18H,4,6-10,12-13H2,1-3H3/t15-,18+/m0/s1. The van der Waals surface area contributed by atoms with Crippen LogP contribution >= 0.6 is 11.3 Å². The van der Waals surface area contributed by atoms with Gasteiger partial charge >= 0.3 is 5.97 Å². The SMILES string of the molecule is CC(C)[C@@H](OC(=O)[C@@H](C)CN1CCOCC1)C(=O)N1CCc2sccc2C1. The van der Waals surface area contributed by atoms with Gasteiger partial charge in [0.1, 0.15) is 0 Å². The monoisotopic (exact) mass is 394 g/mol. The quantitative estimate of drug-likeness (QED) is 0.692. The Morgan fingerprint density at radius 3 is 2.67 bits per heavy atom. The van der Waals surface area contributed by atoms with Gasteiger partial charge in [-0.2, -0.15) is 0 Å². The largest absolute Gasteiger partial charge is 0.452 e. The number of rotatable bonds is 6. The zero-order valence-electron chi connectivity index (χ0n) is 16.5. The van der Waals surface area contributed by atoms with Crippen LogP contribution in [0.25, 0.3) is 0 Å². The van der Waals surface area contributed by atoms with Gasteiger partial charge in [0.25, 0.3) is 5.91 Å². The lowest BCUT2D eigenvalue weighted by atomic mass is 10.0. The van der Waals surface area contributed by atoms with E-state index in [2.05, 4.69) is 16.3 Å². The summed E-state index contributed by atoms with van der Waals surface area (Å²) in [5, 5.41) is 2.08. The summed E-state index contributed by atoms with van der Waals surface area (Å²) in [4.78, 5) is 31.1. The zero-order chi connectivity index (χ0) is 19.4. The van der Waals surface area contributed by atoms with E-state index in [0.29, 0.717) is 32.8 Å². The van der Waals surface area contributed by atoms with Crippen LogP contribution in [0.5, 0.6) is 0 Å². The molecule has 6 nitrogen and oxygen atoms in total. The van der Waals surface area contributed by atoms with Crippen molar-refractivity contribution < 1.29 is 19.1 Å². The fourth-order valence-corrected chi connectivity index (χ4v) is 4.46. The average Bonchev–Trinajstić information content (AvgIpc) is 3.13. The molecule has 0 unspecified atom stereocenters. The lowest BCUT2D eigenvalue weighted by molar-refractivity contribution is -0.167. The molecule has 0 spiro atoms. The van der Waals surface area contributed by atoms with Crippen LogP contribution in [0.2, 0.25) is 0 Å². The van der Waals surface area contributed by atoms with Crippen LogP contribution < -0.4 is 0 Å². The Balaban J connectivity index is 1.58. The molecule has 1 amide bonds. The molecule has 0 aromatic carbocycles. The van der Waals surface area contributed by atoms with E-state index >= 15 is 0 Å². The lowest BCUT2D eigenvalue weighted by Crippen LogP contribution is -2.47. The van der Waals surface area contributed by atoms with Crippen molar-refractivity contribution in [3.63, 3.8) is 0 Å². The fraction of sp³-hybridized carbons (Fsp3) is 0.700. The third-order valence-corrected chi connectivity index (χ3v) is 6.27. The van der Waals surface area contributed by atoms with Crippen LogP contribution in [0, 0.1) is 11.8 Å². The smallest absolute Gasteiger partial charge is 0.310 e. The molecule has 0 bridgehead atoms. The molecule has 0 N–H and O–H groups in total. The van der Waals surface area contributed by atoms with Crippen molar-refractivity contribution in [1.29, 1.82) is 0 Å². The number of thiophene rings is 1. The maximum Gasteiger partial charge on any atom is 0.310 e. The van der Waals surface area contributed by atoms with Gasteiger partial charge in [0.15, 0.2) is 6.10 Å². The minimum absolute atomic E-state index is 0.0547. The highest BCUT2D eigenvalue weighted by Gasteiger charge is 2.34. The maximum absolute atomic E-state index is 13.0. The molecule has 2 aliphatic rings. The number of carbonyl (C=O) groups is 2. The van der Waals surface area contributed by atoms with E-state index in [1.165, 1.54) is 10.4 Å². The van der Waals surface area contributed by atoms with Gasteiger partial charge in [0, 0.05) is 37.6 Å². The summed E-state index contributed by atoms with van der Waals surface area (Å²) < 4.78 is 11.1. The fourth-order valence-electron chi connectivity index (χ4n) is 3.58. The van der Waals surface area contributed by atoms with E-state index in [1.54, 1.807) is 11.3 Å². The van der Waals surface area contributed by atoms with Crippen LogP contribution in [0.3, 0.4) is 0 Å². The van der Waals surface area contributed by atoms with Crippen molar-refractivity contribution in [2.24, 2.45) is 11.8 Å². The molecular weight excluding hydrogens is 364 g/mol. The van der Waals surface area contributed by atoms with Gasteiger partial charge in [0.2, 0.25) is 0 Å². The zero-order valence-corrected chi connectivity index (χ0v) is 17.3. The Kier molecular flexibility index (Phi) is 6.89. The first-order chi connectivity index (χ1) is 13.0. The number of carbonyl (C=O) groups excluding carboxylic acids is 2. The highest BCUT2D eigenvalue weighted by atomic mass is 32.1. The second kappa shape index (κ2) is 9.17. The Labute approximate surface area is 165 Å². The van der Waals surface area contributed by atoms with Gasteiger partial charge in [-0.25, -0.2) is 0 Å². The van der Waals surface area contributed by atoms with Crippen LogP contribution in [-0.2, 0) is 32.0 Å². The summed E-state index contributed by atoms with van der Waals surface area (Å²) >= 11 is 1.75. The third kappa shape index (κ3) is 5.09. The van der Waals surface area contributed by atoms with Crippen molar-refractivity contribution in [3.05, 3.63) is 21.9 Å². The number of fused-ring (bicyclic) bond motifs is 1. The first kappa shape index (κ1) is 20.3. The summed E-state index contributed by atoms with van der Waals surface area (Å²) in [5.41, 5.74) is 1.22. The molecule has 150 valence electrons. The summed E-state index contributed by atoms with van der Waals surface area (Å²) in [7, 11) is 0. The van der Waals surface area contributed by atoms with Crippen LogP contribution in [0.4, 0.5) is 0 Å². The van der Waals surface area contributed by atoms with Gasteiger partial charge in [-0.15, -0.1) is 11.3 Å². The van der Waals surface area contributed by atoms with Gasteiger partial charge < -0.3 is 14.4 Å². The van der Waals surface area contributed by atoms with E-state index in [4.69, 9.17) is 9.47 Å². The number of hydrogen-bond donors (Lipinski definition) is 0. The Bertz CT molecular complexity index is 654. The summed E-state index contributed by atoms with van der Waals surface area (Å²) in [6, 6.07) is 2.08. The third-order valence-electron chi connectivity index (χ3n) is 5.25.